The highest BCUT2D eigenvalue weighted by Gasteiger charge is 2.32. The van der Waals surface area contributed by atoms with Gasteiger partial charge in [0.25, 0.3) is 0 Å². The minimum absolute atomic E-state index is 0.157. The first-order chi connectivity index (χ1) is 11.5. The van der Waals surface area contributed by atoms with Crippen molar-refractivity contribution in [3.8, 4) is 0 Å². The van der Waals surface area contributed by atoms with Crippen molar-refractivity contribution in [1.29, 1.82) is 0 Å². The van der Waals surface area contributed by atoms with E-state index in [0.717, 1.165) is 13.1 Å². The molecular formula is C18H25FN4O. The lowest BCUT2D eigenvalue weighted by atomic mass is 10.1. The lowest BCUT2D eigenvalue weighted by molar-refractivity contribution is 0.221. The number of benzene rings is 1. The minimum Gasteiger partial charge on any atom is -0.340 e. The molecule has 0 amide bonds. The molecular weight excluding hydrogens is 307 g/mol. The van der Waals surface area contributed by atoms with Gasteiger partial charge in [0, 0.05) is 32.6 Å². The number of alkyl halides is 1. The van der Waals surface area contributed by atoms with Gasteiger partial charge in [0.2, 0.25) is 5.89 Å². The molecule has 0 bridgehead atoms. The molecule has 1 aliphatic rings. The van der Waals surface area contributed by atoms with E-state index in [0.29, 0.717) is 31.2 Å². The Labute approximate surface area is 142 Å². The molecule has 1 aromatic heterocycles. The molecule has 2 heterocycles. The summed E-state index contributed by atoms with van der Waals surface area (Å²) in [4.78, 5) is 6.32. The van der Waals surface area contributed by atoms with Crippen molar-refractivity contribution in [1.82, 2.24) is 20.4 Å². The Bertz CT molecular complexity index is 687. The molecule has 0 unspecified atom stereocenters. The van der Waals surface area contributed by atoms with Gasteiger partial charge in [0.1, 0.15) is 6.17 Å². The first kappa shape index (κ1) is 17.0. The number of hydrogen-bond donors (Lipinski definition) is 1. The van der Waals surface area contributed by atoms with Crippen molar-refractivity contribution in [3.05, 3.63) is 46.6 Å². The van der Waals surface area contributed by atoms with E-state index in [1.54, 1.807) is 6.92 Å². The maximum Gasteiger partial charge on any atom is 0.223 e. The molecule has 6 heteroatoms. The molecule has 3 rings (SSSR count). The van der Waals surface area contributed by atoms with Gasteiger partial charge < -0.3 is 9.84 Å². The maximum atomic E-state index is 13.9. The van der Waals surface area contributed by atoms with Crippen LogP contribution in [-0.2, 0) is 13.1 Å². The third-order valence-electron chi connectivity index (χ3n) is 4.58. The highest BCUT2D eigenvalue weighted by Crippen LogP contribution is 2.22. The van der Waals surface area contributed by atoms with Crippen LogP contribution in [0.3, 0.4) is 0 Å². The van der Waals surface area contributed by atoms with Gasteiger partial charge in [-0.05, 0) is 31.4 Å². The van der Waals surface area contributed by atoms with Crippen LogP contribution in [0.2, 0.25) is 0 Å². The smallest absolute Gasteiger partial charge is 0.223 e. The summed E-state index contributed by atoms with van der Waals surface area (Å²) in [6, 6.07) is 6.63. The van der Waals surface area contributed by atoms with Crippen molar-refractivity contribution >= 4 is 0 Å². The highest BCUT2D eigenvalue weighted by atomic mass is 19.1. The van der Waals surface area contributed by atoms with Crippen LogP contribution in [0.4, 0.5) is 4.39 Å². The summed E-state index contributed by atoms with van der Waals surface area (Å²) in [6.07, 6.45) is -0.234. The third kappa shape index (κ3) is 4.19. The highest BCUT2D eigenvalue weighted by molar-refractivity contribution is 5.30. The van der Waals surface area contributed by atoms with Crippen LogP contribution >= 0.6 is 0 Å². The molecule has 1 aliphatic heterocycles. The summed E-state index contributed by atoms with van der Waals surface area (Å²) >= 11 is 0. The first-order valence-corrected chi connectivity index (χ1v) is 8.45. The van der Waals surface area contributed by atoms with Crippen molar-refractivity contribution in [2.75, 3.05) is 13.1 Å². The maximum absolute atomic E-state index is 13.9. The van der Waals surface area contributed by atoms with E-state index in [2.05, 4.69) is 52.4 Å². The molecule has 0 aliphatic carbocycles. The van der Waals surface area contributed by atoms with Crippen LogP contribution in [0.15, 0.2) is 22.7 Å². The van der Waals surface area contributed by atoms with Gasteiger partial charge in [0.05, 0.1) is 6.54 Å². The Morgan fingerprint density at radius 1 is 1.33 bits per heavy atom. The molecule has 0 radical (unpaired) electrons. The number of aromatic nitrogens is 2. The van der Waals surface area contributed by atoms with Crippen molar-refractivity contribution in [2.24, 2.45) is 0 Å². The number of halogens is 1. The Kier molecular flexibility index (Phi) is 5.26. The number of hydrogen-bond acceptors (Lipinski definition) is 5. The van der Waals surface area contributed by atoms with E-state index in [1.807, 2.05) is 0 Å². The average Bonchev–Trinajstić information content (AvgIpc) is 3.07. The van der Waals surface area contributed by atoms with Crippen LogP contribution in [0, 0.1) is 20.8 Å². The summed E-state index contributed by atoms with van der Waals surface area (Å²) in [6.45, 7) is 8.52. The minimum atomic E-state index is -0.786. The Hall–Kier alpha value is -1.79. The van der Waals surface area contributed by atoms with E-state index in [9.17, 15) is 4.39 Å². The average molecular weight is 332 g/mol. The summed E-state index contributed by atoms with van der Waals surface area (Å²) in [5.41, 5.74) is 3.85. The van der Waals surface area contributed by atoms with E-state index in [-0.39, 0.29) is 6.04 Å². The monoisotopic (exact) mass is 332 g/mol. The van der Waals surface area contributed by atoms with Crippen molar-refractivity contribution < 1.29 is 8.91 Å². The van der Waals surface area contributed by atoms with E-state index in [1.165, 1.54) is 16.7 Å². The van der Waals surface area contributed by atoms with Crippen molar-refractivity contribution in [2.45, 2.75) is 52.5 Å². The van der Waals surface area contributed by atoms with Crippen LogP contribution < -0.4 is 5.32 Å². The second-order valence-corrected chi connectivity index (χ2v) is 6.71. The first-order valence-electron chi connectivity index (χ1n) is 8.45. The summed E-state index contributed by atoms with van der Waals surface area (Å²) in [5, 5.41) is 7.39. The van der Waals surface area contributed by atoms with Gasteiger partial charge >= 0.3 is 0 Å². The Balaban J connectivity index is 1.54. The van der Waals surface area contributed by atoms with Gasteiger partial charge in [-0.2, -0.15) is 4.98 Å². The lowest BCUT2D eigenvalue weighted by Crippen LogP contribution is -2.37. The predicted molar refractivity (Wildman–Crippen MR) is 90.4 cm³/mol. The fourth-order valence-electron chi connectivity index (χ4n) is 3.33. The Morgan fingerprint density at radius 2 is 2.17 bits per heavy atom. The molecule has 24 heavy (non-hydrogen) atoms. The van der Waals surface area contributed by atoms with Gasteiger partial charge in [-0.15, -0.1) is 0 Å². The number of nitrogens with zero attached hydrogens (tertiary/aromatic N) is 3. The van der Waals surface area contributed by atoms with Crippen LogP contribution in [0.1, 0.15) is 34.8 Å². The molecule has 1 saturated heterocycles. The number of aryl methyl sites for hydroxylation is 3. The van der Waals surface area contributed by atoms with E-state index in [4.69, 9.17) is 4.52 Å². The molecule has 1 N–H and O–H groups in total. The van der Waals surface area contributed by atoms with Gasteiger partial charge in [-0.25, -0.2) is 4.39 Å². The third-order valence-corrected chi connectivity index (χ3v) is 4.58. The molecule has 1 aromatic carbocycles. The normalized spacial score (nSPS) is 21.5. The fourth-order valence-corrected chi connectivity index (χ4v) is 3.33. The lowest BCUT2D eigenvalue weighted by Gasteiger charge is -2.23. The molecule has 0 saturated carbocycles. The number of likely N-dealkylation sites (tertiary alicyclic amines) is 1. The van der Waals surface area contributed by atoms with E-state index >= 15 is 0 Å². The zero-order valence-electron chi connectivity index (χ0n) is 14.6. The zero-order chi connectivity index (χ0) is 17.1. The van der Waals surface area contributed by atoms with E-state index < -0.39 is 6.17 Å². The molecule has 2 aromatic rings. The standard InChI is InChI=1S/C18H25FN4O/c1-12-4-5-15(13(2)6-12)8-20-9-17-7-16(19)10-23(17)11-18-21-14(3)24-22-18/h4-6,16-17,20H,7-11H2,1-3H3/t16-,17-/m0/s1. The van der Waals surface area contributed by atoms with Crippen molar-refractivity contribution in [3.63, 3.8) is 0 Å². The SMILES string of the molecule is Cc1ccc(CNC[C@@H]2C[C@H](F)CN2Cc2noc(C)n2)c(C)c1. The van der Waals surface area contributed by atoms with Crippen LogP contribution in [-0.4, -0.2) is 40.3 Å². The van der Waals surface area contributed by atoms with Crippen LogP contribution in [0.25, 0.3) is 0 Å². The molecule has 1 fully saturated rings. The second-order valence-electron chi connectivity index (χ2n) is 6.71. The summed E-state index contributed by atoms with van der Waals surface area (Å²) in [5.74, 6) is 1.17. The summed E-state index contributed by atoms with van der Waals surface area (Å²) in [7, 11) is 0. The molecule has 130 valence electrons. The van der Waals surface area contributed by atoms with Crippen LogP contribution in [0.5, 0.6) is 0 Å². The van der Waals surface area contributed by atoms with Gasteiger partial charge in [-0.1, -0.05) is 28.9 Å². The second kappa shape index (κ2) is 7.40. The van der Waals surface area contributed by atoms with Gasteiger partial charge in [-0.3, -0.25) is 4.90 Å². The zero-order valence-corrected chi connectivity index (χ0v) is 14.6. The summed E-state index contributed by atoms with van der Waals surface area (Å²) < 4.78 is 18.9. The molecule has 5 nitrogen and oxygen atoms in total. The number of nitrogens with one attached hydrogen (secondary N) is 1. The Morgan fingerprint density at radius 3 is 2.88 bits per heavy atom. The number of rotatable bonds is 6. The molecule has 0 spiro atoms. The largest absolute Gasteiger partial charge is 0.340 e. The quantitative estimate of drug-likeness (QED) is 0.881. The molecule has 2 atom stereocenters. The predicted octanol–water partition coefficient (Wildman–Crippen LogP) is 2.70. The van der Waals surface area contributed by atoms with Gasteiger partial charge in [0.15, 0.2) is 5.82 Å². The fraction of sp³-hybridized carbons (Fsp3) is 0.556. The topological polar surface area (TPSA) is 54.2 Å².